The minimum absolute atomic E-state index is 0.271. The topological polar surface area (TPSA) is 59.1 Å². The third-order valence-corrected chi connectivity index (χ3v) is 4.94. The SMILES string of the molecule is OC1(Cn2ccnc2)CCN(Cc2cnn(-c3cccc(F)c3)c2)CC1. The highest BCUT2D eigenvalue weighted by Gasteiger charge is 2.32. The molecule has 0 saturated carbocycles. The molecule has 2 aromatic heterocycles. The Morgan fingerprint density at radius 3 is 2.81 bits per heavy atom. The fourth-order valence-electron chi connectivity index (χ4n) is 3.47. The minimum atomic E-state index is -0.678. The predicted octanol–water partition coefficient (Wildman–Crippen LogP) is 2.23. The molecular weight excluding hydrogens is 333 g/mol. The third kappa shape index (κ3) is 3.84. The van der Waals surface area contributed by atoms with E-state index in [1.54, 1.807) is 23.3 Å². The zero-order valence-electron chi connectivity index (χ0n) is 14.5. The monoisotopic (exact) mass is 355 g/mol. The van der Waals surface area contributed by atoms with Crippen LogP contribution in [0, 0.1) is 5.82 Å². The maximum Gasteiger partial charge on any atom is 0.125 e. The van der Waals surface area contributed by atoms with Crippen molar-refractivity contribution >= 4 is 0 Å². The first kappa shape index (κ1) is 16.9. The molecule has 1 saturated heterocycles. The van der Waals surface area contributed by atoms with Crippen LogP contribution in [0.1, 0.15) is 18.4 Å². The van der Waals surface area contributed by atoms with Crippen molar-refractivity contribution in [2.24, 2.45) is 0 Å². The molecule has 1 aliphatic rings. The van der Waals surface area contributed by atoms with Gasteiger partial charge in [0, 0.05) is 43.8 Å². The molecule has 1 fully saturated rings. The molecule has 4 rings (SSSR count). The average molecular weight is 355 g/mol. The van der Waals surface area contributed by atoms with E-state index in [4.69, 9.17) is 0 Å². The molecule has 0 unspecified atom stereocenters. The summed E-state index contributed by atoms with van der Waals surface area (Å²) in [5, 5.41) is 15.1. The molecule has 136 valence electrons. The van der Waals surface area contributed by atoms with Crippen LogP contribution in [-0.2, 0) is 13.1 Å². The summed E-state index contributed by atoms with van der Waals surface area (Å²) in [4.78, 5) is 6.35. The number of likely N-dealkylation sites (tertiary alicyclic amines) is 1. The molecule has 0 atom stereocenters. The van der Waals surface area contributed by atoms with E-state index < -0.39 is 5.60 Å². The standard InChI is InChI=1S/C19H22FN5O/c20-17-2-1-3-18(10-17)25-13-16(11-22-25)12-23-7-4-19(26,5-8-23)14-24-9-6-21-15-24/h1-3,6,9-11,13,15,26H,4-5,7-8,12,14H2. The summed E-state index contributed by atoms with van der Waals surface area (Å²) >= 11 is 0. The van der Waals surface area contributed by atoms with Crippen LogP contribution in [0.25, 0.3) is 5.69 Å². The summed E-state index contributed by atoms with van der Waals surface area (Å²) in [5.74, 6) is -0.271. The van der Waals surface area contributed by atoms with Gasteiger partial charge in [-0.1, -0.05) is 6.07 Å². The summed E-state index contributed by atoms with van der Waals surface area (Å²) in [6.45, 7) is 3.02. The van der Waals surface area contributed by atoms with Crippen molar-refractivity contribution in [3.63, 3.8) is 0 Å². The van der Waals surface area contributed by atoms with E-state index in [0.717, 1.165) is 38.0 Å². The van der Waals surface area contributed by atoms with Crippen molar-refractivity contribution in [2.75, 3.05) is 13.1 Å². The first-order valence-electron chi connectivity index (χ1n) is 8.80. The molecule has 1 aromatic carbocycles. The van der Waals surface area contributed by atoms with Crippen molar-refractivity contribution in [3.05, 3.63) is 66.8 Å². The zero-order valence-corrected chi connectivity index (χ0v) is 14.5. The van der Waals surface area contributed by atoms with Crippen LogP contribution < -0.4 is 0 Å². The first-order chi connectivity index (χ1) is 12.6. The smallest absolute Gasteiger partial charge is 0.125 e. The van der Waals surface area contributed by atoms with Crippen LogP contribution in [0.5, 0.6) is 0 Å². The van der Waals surface area contributed by atoms with Crippen LogP contribution in [0.15, 0.2) is 55.4 Å². The van der Waals surface area contributed by atoms with Gasteiger partial charge in [0.1, 0.15) is 5.82 Å². The zero-order chi connectivity index (χ0) is 18.0. The van der Waals surface area contributed by atoms with Gasteiger partial charge < -0.3 is 9.67 Å². The Bertz CT molecular complexity index is 852. The van der Waals surface area contributed by atoms with E-state index in [1.807, 2.05) is 29.2 Å². The summed E-state index contributed by atoms with van der Waals surface area (Å²) in [6.07, 6.45) is 10.6. The van der Waals surface area contributed by atoms with Gasteiger partial charge in [0.25, 0.3) is 0 Å². The van der Waals surface area contributed by atoms with Crippen LogP contribution in [0.3, 0.4) is 0 Å². The molecule has 3 aromatic rings. The van der Waals surface area contributed by atoms with Crippen LogP contribution in [0.4, 0.5) is 4.39 Å². The summed E-state index contributed by atoms with van der Waals surface area (Å²) < 4.78 is 17.0. The molecule has 1 aliphatic heterocycles. The molecule has 1 N–H and O–H groups in total. The summed E-state index contributed by atoms with van der Waals surface area (Å²) in [6, 6.07) is 6.40. The number of rotatable bonds is 5. The molecule has 0 aliphatic carbocycles. The number of nitrogens with zero attached hydrogens (tertiary/aromatic N) is 5. The number of piperidine rings is 1. The minimum Gasteiger partial charge on any atom is -0.388 e. The second-order valence-electron chi connectivity index (χ2n) is 7.01. The third-order valence-electron chi connectivity index (χ3n) is 4.94. The van der Waals surface area contributed by atoms with Gasteiger partial charge in [0.05, 0.1) is 30.4 Å². The summed E-state index contributed by atoms with van der Waals surface area (Å²) in [7, 11) is 0. The second kappa shape index (κ2) is 7.01. The average Bonchev–Trinajstić information content (AvgIpc) is 3.29. The van der Waals surface area contributed by atoms with Crippen molar-refractivity contribution in [3.8, 4) is 5.69 Å². The van der Waals surface area contributed by atoms with E-state index in [0.29, 0.717) is 12.2 Å². The molecule has 6 nitrogen and oxygen atoms in total. The Morgan fingerprint density at radius 1 is 1.23 bits per heavy atom. The number of halogens is 1. The Labute approximate surface area is 151 Å². The lowest BCUT2D eigenvalue weighted by Crippen LogP contribution is -2.46. The highest BCUT2D eigenvalue weighted by Crippen LogP contribution is 2.25. The number of imidazole rings is 1. The fourth-order valence-corrected chi connectivity index (χ4v) is 3.47. The molecule has 3 heterocycles. The van der Waals surface area contributed by atoms with Gasteiger partial charge in [-0.2, -0.15) is 5.10 Å². The van der Waals surface area contributed by atoms with E-state index >= 15 is 0 Å². The molecule has 7 heteroatoms. The Kier molecular flexibility index (Phi) is 4.57. The van der Waals surface area contributed by atoms with Gasteiger partial charge in [-0.25, -0.2) is 14.1 Å². The van der Waals surface area contributed by atoms with E-state index in [2.05, 4.69) is 15.0 Å². The Hall–Kier alpha value is -2.51. The predicted molar refractivity (Wildman–Crippen MR) is 95.2 cm³/mol. The van der Waals surface area contributed by atoms with E-state index in [1.165, 1.54) is 12.1 Å². The van der Waals surface area contributed by atoms with Crippen molar-refractivity contribution in [2.45, 2.75) is 31.5 Å². The van der Waals surface area contributed by atoms with Gasteiger partial charge in [-0.3, -0.25) is 4.90 Å². The van der Waals surface area contributed by atoms with Crippen LogP contribution in [-0.4, -0.2) is 48.0 Å². The number of benzene rings is 1. The van der Waals surface area contributed by atoms with Crippen molar-refractivity contribution < 1.29 is 9.50 Å². The van der Waals surface area contributed by atoms with Gasteiger partial charge in [-0.05, 0) is 31.0 Å². The molecule has 0 spiro atoms. The highest BCUT2D eigenvalue weighted by atomic mass is 19.1. The highest BCUT2D eigenvalue weighted by molar-refractivity contribution is 5.31. The largest absolute Gasteiger partial charge is 0.388 e. The lowest BCUT2D eigenvalue weighted by Gasteiger charge is -2.38. The fraction of sp³-hybridized carbons (Fsp3) is 0.368. The first-order valence-corrected chi connectivity index (χ1v) is 8.80. The normalized spacial score (nSPS) is 17.5. The van der Waals surface area contributed by atoms with Gasteiger partial charge in [0.2, 0.25) is 0 Å². The number of aromatic nitrogens is 4. The molecule has 0 amide bonds. The Balaban J connectivity index is 1.35. The lowest BCUT2D eigenvalue weighted by atomic mass is 9.91. The molecular formula is C19H22FN5O. The van der Waals surface area contributed by atoms with Gasteiger partial charge >= 0.3 is 0 Å². The Morgan fingerprint density at radius 2 is 2.08 bits per heavy atom. The molecule has 0 radical (unpaired) electrons. The number of hydrogen-bond acceptors (Lipinski definition) is 4. The number of hydrogen-bond donors (Lipinski definition) is 1. The lowest BCUT2D eigenvalue weighted by molar-refractivity contribution is -0.0357. The van der Waals surface area contributed by atoms with Crippen LogP contribution >= 0.6 is 0 Å². The van der Waals surface area contributed by atoms with Gasteiger partial charge in [0.15, 0.2) is 0 Å². The molecule has 26 heavy (non-hydrogen) atoms. The van der Waals surface area contributed by atoms with E-state index in [-0.39, 0.29) is 5.82 Å². The maximum absolute atomic E-state index is 13.4. The molecule has 0 bridgehead atoms. The second-order valence-corrected chi connectivity index (χ2v) is 7.01. The maximum atomic E-state index is 13.4. The number of aliphatic hydroxyl groups is 1. The van der Waals surface area contributed by atoms with Crippen molar-refractivity contribution in [1.82, 2.24) is 24.2 Å². The summed E-state index contributed by atoms with van der Waals surface area (Å²) in [5.41, 5.74) is 1.11. The quantitative estimate of drug-likeness (QED) is 0.763. The van der Waals surface area contributed by atoms with E-state index in [9.17, 15) is 9.50 Å². The van der Waals surface area contributed by atoms with Gasteiger partial charge in [-0.15, -0.1) is 0 Å². The van der Waals surface area contributed by atoms with Crippen molar-refractivity contribution in [1.29, 1.82) is 0 Å². The van der Waals surface area contributed by atoms with Crippen LogP contribution in [0.2, 0.25) is 0 Å².